The van der Waals surface area contributed by atoms with Gasteiger partial charge in [0, 0.05) is 16.7 Å². The monoisotopic (exact) mass is 239 g/mol. The molecule has 88 valence electrons. The maximum Gasteiger partial charge on any atom is 0.136 e. The maximum atomic E-state index is 13.3. The van der Waals surface area contributed by atoms with Crippen LogP contribution in [0.5, 0.6) is 0 Å². The van der Waals surface area contributed by atoms with E-state index in [1.807, 2.05) is 12.1 Å². The molecule has 0 aromatic heterocycles. The lowest BCUT2D eigenvalue weighted by molar-refractivity contribution is 0.600. The molecule has 2 N–H and O–H groups in total. The van der Waals surface area contributed by atoms with Gasteiger partial charge in [-0.05, 0) is 31.4 Å². The van der Waals surface area contributed by atoms with E-state index in [4.69, 9.17) is 5.73 Å². The molecule has 3 heteroatoms. The van der Waals surface area contributed by atoms with E-state index in [0.29, 0.717) is 4.90 Å². The van der Waals surface area contributed by atoms with Crippen LogP contribution in [0.15, 0.2) is 41.8 Å². The number of thioether (sulfide) groups is 1. The molecule has 1 aromatic rings. The van der Waals surface area contributed by atoms with E-state index in [2.05, 4.69) is 6.58 Å². The Kier molecular flexibility index (Phi) is 6.19. The highest BCUT2D eigenvalue weighted by Crippen LogP contribution is 2.22. The van der Waals surface area contributed by atoms with Crippen molar-refractivity contribution in [2.24, 2.45) is 5.73 Å². The number of hydrogen-bond acceptors (Lipinski definition) is 2. The molecule has 0 amide bonds. The Morgan fingerprint density at radius 3 is 2.88 bits per heavy atom. The molecule has 1 rings (SSSR count). The van der Waals surface area contributed by atoms with Crippen molar-refractivity contribution in [1.82, 2.24) is 0 Å². The first-order valence-corrected chi connectivity index (χ1v) is 6.46. The van der Waals surface area contributed by atoms with Crippen LogP contribution in [0.2, 0.25) is 0 Å². The van der Waals surface area contributed by atoms with Gasteiger partial charge in [0.05, 0.1) is 0 Å². The fourth-order valence-corrected chi connectivity index (χ4v) is 2.31. The van der Waals surface area contributed by atoms with Crippen molar-refractivity contribution in [1.29, 1.82) is 0 Å². The SMILES string of the molecule is C=CCCCC(N)CSc1ccccc1F. The van der Waals surface area contributed by atoms with E-state index >= 15 is 0 Å². The minimum Gasteiger partial charge on any atom is -0.327 e. The maximum absolute atomic E-state index is 13.3. The predicted molar refractivity (Wildman–Crippen MR) is 69.1 cm³/mol. The van der Waals surface area contributed by atoms with E-state index in [-0.39, 0.29) is 11.9 Å². The Bertz CT molecular complexity index is 327. The number of nitrogens with two attached hydrogens (primary N) is 1. The summed E-state index contributed by atoms with van der Waals surface area (Å²) in [6, 6.07) is 6.93. The first kappa shape index (κ1) is 13.3. The number of rotatable bonds is 7. The standard InChI is InChI=1S/C13H18FNS/c1-2-3-4-7-11(15)10-16-13-9-6-5-8-12(13)14/h2,5-6,8-9,11H,1,3-4,7,10,15H2. The van der Waals surface area contributed by atoms with E-state index < -0.39 is 0 Å². The van der Waals surface area contributed by atoms with Crippen LogP contribution in [0, 0.1) is 5.82 Å². The van der Waals surface area contributed by atoms with Gasteiger partial charge in [0.25, 0.3) is 0 Å². The van der Waals surface area contributed by atoms with Crippen molar-refractivity contribution < 1.29 is 4.39 Å². The van der Waals surface area contributed by atoms with Gasteiger partial charge in [-0.3, -0.25) is 0 Å². The molecule has 0 aliphatic heterocycles. The smallest absolute Gasteiger partial charge is 0.136 e. The molecule has 1 nitrogen and oxygen atoms in total. The topological polar surface area (TPSA) is 26.0 Å². The Morgan fingerprint density at radius 2 is 2.19 bits per heavy atom. The molecule has 0 radical (unpaired) electrons. The highest BCUT2D eigenvalue weighted by molar-refractivity contribution is 7.99. The fraction of sp³-hybridized carbons (Fsp3) is 0.385. The van der Waals surface area contributed by atoms with Gasteiger partial charge < -0.3 is 5.73 Å². The summed E-state index contributed by atoms with van der Waals surface area (Å²) in [5.74, 6) is 0.601. The predicted octanol–water partition coefficient (Wildman–Crippen LogP) is 3.60. The Balaban J connectivity index is 2.28. The van der Waals surface area contributed by atoms with Crippen molar-refractivity contribution in [2.75, 3.05) is 5.75 Å². The molecule has 0 bridgehead atoms. The van der Waals surface area contributed by atoms with Gasteiger partial charge in [0.2, 0.25) is 0 Å². The lowest BCUT2D eigenvalue weighted by Crippen LogP contribution is -2.22. The fourth-order valence-electron chi connectivity index (χ4n) is 1.37. The normalized spacial score (nSPS) is 12.4. The third kappa shape index (κ3) is 4.81. The van der Waals surface area contributed by atoms with Crippen molar-refractivity contribution >= 4 is 11.8 Å². The van der Waals surface area contributed by atoms with Crippen LogP contribution < -0.4 is 5.73 Å². The third-order valence-corrected chi connectivity index (χ3v) is 3.51. The zero-order valence-corrected chi connectivity index (χ0v) is 10.2. The Hall–Kier alpha value is -0.800. The highest BCUT2D eigenvalue weighted by Gasteiger charge is 2.05. The Morgan fingerprint density at radius 1 is 1.44 bits per heavy atom. The number of allylic oxidation sites excluding steroid dienone is 1. The van der Waals surface area contributed by atoms with Crippen LogP contribution in [-0.4, -0.2) is 11.8 Å². The Labute approximate surface area is 101 Å². The molecule has 1 unspecified atom stereocenters. The van der Waals surface area contributed by atoms with E-state index in [9.17, 15) is 4.39 Å². The number of benzene rings is 1. The van der Waals surface area contributed by atoms with Gasteiger partial charge in [-0.15, -0.1) is 18.3 Å². The first-order valence-electron chi connectivity index (χ1n) is 5.48. The summed E-state index contributed by atoms with van der Waals surface area (Å²) in [6.07, 6.45) is 4.92. The lowest BCUT2D eigenvalue weighted by atomic mass is 10.1. The van der Waals surface area contributed by atoms with Gasteiger partial charge >= 0.3 is 0 Å². The molecule has 0 saturated carbocycles. The van der Waals surface area contributed by atoms with Gasteiger partial charge in [-0.1, -0.05) is 18.2 Å². The summed E-state index contributed by atoms with van der Waals surface area (Å²) < 4.78 is 13.3. The molecule has 1 aromatic carbocycles. The average molecular weight is 239 g/mol. The second kappa shape index (κ2) is 7.47. The summed E-state index contributed by atoms with van der Waals surface area (Å²) in [5.41, 5.74) is 5.93. The molecular weight excluding hydrogens is 221 g/mol. The quantitative estimate of drug-likeness (QED) is 0.447. The van der Waals surface area contributed by atoms with Crippen LogP contribution in [0.25, 0.3) is 0 Å². The van der Waals surface area contributed by atoms with Crippen LogP contribution >= 0.6 is 11.8 Å². The first-order chi connectivity index (χ1) is 7.74. The molecule has 0 spiro atoms. The van der Waals surface area contributed by atoms with Gasteiger partial charge in [0.1, 0.15) is 5.82 Å². The molecule has 1 atom stereocenters. The zero-order chi connectivity index (χ0) is 11.8. The van der Waals surface area contributed by atoms with Gasteiger partial charge in [-0.25, -0.2) is 4.39 Å². The molecule has 0 fully saturated rings. The largest absolute Gasteiger partial charge is 0.327 e. The summed E-state index contributed by atoms with van der Waals surface area (Å²) in [5, 5.41) is 0. The van der Waals surface area contributed by atoms with Crippen molar-refractivity contribution in [2.45, 2.75) is 30.2 Å². The van der Waals surface area contributed by atoms with Gasteiger partial charge in [-0.2, -0.15) is 0 Å². The number of hydrogen-bond donors (Lipinski definition) is 1. The number of halogens is 1. The van der Waals surface area contributed by atoms with E-state index in [1.165, 1.54) is 17.8 Å². The van der Waals surface area contributed by atoms with E-state index in [1.54, 1.807) is 12.1 Å². The minimum atomic E-state index is -0.161. The summed E-state index contributed by atoms with van der Waals surface area (Å²) >= 11 is 1.49. The average Bonchev–Trinajstić information content (AvgIpc) is 2.28. The minimum absolute atomic E-state index is 0.129. The number of unbranched alkanes of at least 4 members (excludes halogenated alkanes) is 1. The van der Waals surface area contributed by atoms with Crippen molar-refractivity contribution in [3.8, 4) is 0 Å². The molecule has 0 aliphatic rings. The highest BCUT2D eigenvalue weighted by atomic mass is 32.2. The van der Waals surface area contributed by atoms with E-state index in [0.717, 1.165) is 25.0 Å². The summed E-state index contributed by atoms with van der Waals surface area (Å²) in [6.45, 7) is 3.67. The molecule has 16 heavy (non-hydrogen) atoms. The third-order valence-electron chi connectivity index (χ3n) is 2.27. The molecular formula is C13H18FNS. The lowest BCUT2D eigenvalue weighted by Gasteiger charge is -2.10. The van der Waals surface area contributed by atoms with Crippen LogP contribution in [-0.2, 0) is 0 Å². The molecule has 0 saturated heterocycles. The zero-order valence-electron chi connectivity index (χ0n) is 9.36. The van der Waals surface area contributed by atoms with Crippen LogP contribution in [0.1, 0.15) is 19.3 Å². The van der Waals surface area contributed by atoms with Crippen LogP contribution in [0.3, 0.4) is 0 Å². The summed E-state index contributed by atoms with van der Waals surface area (Å²) in [7, 11) is 0. The molecule has 0 heterocycles. The van der Waals surface area contributed by atoms with Crippen LogP contribution in [0.4, 0.5) is 4.39 Å². The van der Waals surface area contributed by atoms with Gasteiger partial charge in [0.15, 0.2) is 0 Å². The summed E-state index contributed by atoms with van der Waals surface area (Å²) in [4.78, 5) is 0.682. The van der Waals surface area contributed by atoms with Crippen molar-refractivity contribution in [3.05, 3.63) is 42.7 Å². The molecule has 0 aliphatic carbocycles. The second-order valence-corrected chi connectivity index (χ2v) is 4.78. The van der Waals surface area contributed by atoms with Crippen molar-refractivity contribution in [3.63, 3.8) is 0 Å². The second-order valence-electron chi connectivity index (χ2n) is 3.72.